The molecule has 0 radical (unpaired) electrons. The van der Waals surface area contributed by atoms with Crippen LogP contribution in [0.2, 0.25) is 0 Å². The Hall–Kier alpha value is -0.660. The van der Waals surface area contributed by atoms with Crippen LogP contribution in [0.3, 0.4) is 0 Å². The Labute approximate surface area is 109 Å². The maximum atomic E-state index is 10.8. The van der Waals surface area contributed by atoms with Crippen molar-refractivity contribution in [2.75, 3.05) is 13.1 Å². The summed E-state index contributed by atoms with van der Waals surface area (Å²) >= 11 is 0. The Morgan fingerprint density at radius 1 is 1.28 bits per heavy atom. The first-order valence-corrected chi connectivity index (χ1v) is 7.73. The zero-order valence-corrected chi connectivity index (χ0v) is 11.7. The maximum absolute atomic E-state index is 10.8. The van der Waals surface area contributed by atoms with Crippen molar-refractivity contribution in [3.05, 3.63) is 0 Å². The molecular weight excluding hydrogens is 258 g/mol. The van der Waals surface area contributed by atoms with Crippen LogP contribution in [0.1, 0.15) is 39.5 Å². The van der Waals surface area contributed by atoms with Crippen LogP contribution in [0.5, 0.6) is 0 Å². The van der Waals surface area contributed by atoms with Crippen molar-refractivity contribution in [3.63, 3.8) is 0 Å². The van der Waals surface area contributed by atoms with Crippen LogP contribution < -0.4 is 5.32 Å². The number of unbranched alkanes of at least 4 members (excludes halogenated alkanes) is 1. The van der Waals surface area contributed by atoms with Gasteiger partial charge in [0.15, 0.2) is 5.25 Å². The summed E-state index contributed by atoms with van der Waals surface area (Å²) in [6, 6.07) is 0. The molecule has 108 valence electrons. The van der Waals surface area contributed by atoms with Crippen molar-refractivity contribution in [1.29, 1.82) is 0 Å². The van der Waals surface area contributed by atoms with E-state index >= 15 is 0 Å². The molecule has 0 amide bonds. The topological polar surface area (TPSA) is 104 Å². The van der Waals surface area contributed by atoms with Gasteiger partial charge in [-0.2, -0.15) is 8.42 Å². The van der Waals surface area contributed by atoms with Gasteiger partial charge < -0.3 is 10.4 Å². The Morgan fingerprint density at radius 3 is 2.28 bits per heavy atom. The summed E-state index contributed by atoms with van der Waals surface area (Å²) in [6.45, 7) is 4.44. The van der Waals surface area contributed by atoms with Gasteiger partial charge in [-0.05, 0) is 18.9 Å². The van der Waals surface area contributed by atoms with Crippen LogP contribution in [0.4, 0.5) is 0 Å². The van der Waals surface area contributed by atoms with Crippen molar-refractivity contribution in [2.24, 2.45) is 5.92 Å². The first-order valence-electron chi connectivity index (χ1n) is 6.22. The molecule has 0 rings (SSSR count). The van der Waals surface area contributed by atoms with E-state index < -0.39 is 21.3 Å². The second-order valence-corrected chi connectivity index (χ2v) is 6.02. The minimum Gasteiger partial charge on any atom is -0.480 e. The summed E-state index contributed by atoms with van der Waals surface area (Å²) in [5, 5.41) is 9.72. The number of nitrogens with one attached hydrogen (secondary N) is 1. The van der Waals surface area contributed by atoms with Crippen LogP contribution in [0.25, 0.3) is 0 Å². The summed E-state index contributed by atoms with van der Waals surface area (Å²) < 4.78 is 30.4. The molecule has 0 saturated carbocycles. The lowest BCUT2D eigenvalue weighted by molar-refractivity contribution is -0.136. The number of rotatable bonds is 10. The molecule has 7 heteroatoms. The van der Waals surface area contributed by atoms with Crippen molar-refractivity contribution < 1.29 is 22.9 Å². The molecule has 0 fully saturated rings. The van der Waals surface area contributed by atoms with E-state index in [-0.39, 0.29) is 6.54 Å². The fraction of sp³-hybridized carbons (Fsp3) is 0.909. The average molecular weight is 281 g/mol. The largest absolute Gasteiger partial charge is 0.480 e. The molecule has 0 spiro atoms. The minimum atomic E-state index is -4.55. The smallest absolute Gasteiger partial charge is 0.325 e. The normalized spacial score (nSPS) is 15.3. The quantitative estimate of drug-likeness (QED) is 0.519. The molecule has 0 aromatic rings. The zero-order valence-electron chi connectivity index (χ0n) is 10.9. The molecule has 6 nitrogen and oxygen atoms in total. The molecule has 0 aliphatic rings. The zero-order chi connectivity index (χ0) is 14.2. The van der Waals surface area contributed by atoms with Crippen molar-refractivity contribution >= 4 is 16.1 Å². The van der Waals surface area contributed by atoms with Gasteiger partial charge in [-0.1, -0.05) is 33.1 Å². The highest BCUT2D eigenvalue weighted by molar-refractivity contribution is 7.87. The van der Waals surface area contributed by atoms with E-state index in [4.69, 9.17) is 9.66 Å². The lowest BCUT2D eigenvalue weighted by atomic mass is 9.99. The predicted octanol–water partition coefficient (Wildman–Crippen LogP) is 1.13. The molecule has 3 N–H and O–H groups in total. The molecule has 0 aliphatic heterocycles. The van der Waals surface area contributed by atoms with E-state index in [1.54, 1.807) is 0 Å². The van der Waals surface area contributed by atoms with E-state index in [9.17, 15) is 13.2 Å². The predicted molar refractivity (Wildman–Crippen MR) is 69.1 cm³/mol. The van der Waals surface area contributed by atoms with Crippen molar-refractivity contribution in [2.45, 2.75) is 44.8 Å². The number of carboxylic acids is 1. The third-order valence-electron chi connectivity index (χ3n) is 2.94. The number of hydrogen-bond donors (Lipinski definition) is 3. The van der Waals surface area contributed by atoms with Gasteiger partial charge in [0.25, 0.3) is 10.1 Å². The number of carboxylic acid groups (broad SMARTS) is 1. The van der Waals surface area contributed by atoms with Crippen molar-refractivity contribution in [3.8, 4) is 0 Å². The van der Waals surface area contributed by atoms with Gasteiger partial charge in [0.1, 0.15) is 0 Å². The number of hydrogen-bond acceptors (Lipinski definition) is 4. The van der Waals surface area contributed by atoms with Gasteiger partial charge in [-0.15, -0.1) is 0 Å². The molecule has 0 bridgehead atoms. The molecule has 0 aromatic heterocycles. The first kappa shape index (κ1) is 17.3. The minimum absolute atomic E-state index is 0.267. The molecule has 0 aromatic carbocycles. The van der Waals surface area contributed by atoms with E-state index in [1.807, 2.05) is 6.92 Å². The Kier molecular flexibility index (Phi) is 8.13. The Bertz CT molecular complexity index is 341. The number of carbonyl (C=O) groups is 1. The molecule has 2 atom stereocenters. The van der Waals surface area contributed by atoms with Gasteiger partial charge in [0, 0.05) is 6.54 Å². The maximum Gasteiger partial charge on any atom is 0.325 e. The monoisotopic (exact) mass is 281 g/mol. The van der Waals surface area contributed by atoms with E-state index in [0.717, 1.165) is 25.7 Å². The highest BCUT2D eigenvalue weighted by Gasteiger charge is 2.30. The molecule has 0 aliphatic carbocycles. The van der Waals surface area contributed by atoms with Crippen LogP contribution in [0.15, 0.2) is 0 Å². The summed E-state index contributed by atoms with van der Waals surface area (Å²) in [4.78, 5) is 10.7. The van der Waals surface area contributed by atoms with Crippen LogP contribution in [-0.4, -0.2) is 42.4 Å². The van der Waals surface area contributed by atoms with Gasteiger partial charge in [-0.3, -0.25) is 9.35 Å². The third kappa shape index (κ3) is 6.93. The van der Waals surface area contributed by atoms with E-state index in [2.05, 4.69) is 12.2 Å². The Morgan fingerprint density at radius 2 is 1.89 bits per heavy atom. The van der Waals surface area contributed by atoms with E-state index in [0.29, 0.717) is 12.5 Å². The van der Waals surface area contributed by atoms with Crippen molar-refractivity contribution in [1.82, 2.24) is 5.32 Å². The SMILES string of the molecule is CCCCC(CC)CNCC(C(=O)O)S(=O)(=O)O. The second-order valence-electron chi connectivity index (χ2n) is 4.42. The fourth-order valence-corrected chi connectivity index (χ4v) is 2.27. The molecular formula is C11H23NO5S. The standard InChI is InChI=1S/C11H23NO5S/c1-3-5-6-9(4-2)7-12-8-10(11(13)14)18(15,16)17/h9-10,12H,3-8H2,1-2H3,(H,13,14)(H,15,16,17). The third-order valence-corrected chi connectivity index (χ3v) is 4.03. The second kappa shape index (κ2) is 8.44. The molecule has 18 heavy (non-hydrogen) atoms. The Balaban J connectivity index is 4.17. The summed E-state index contributed by atoms with van der Waals surface area (Å²) in [7, 11) is -4.55. The van der Waals surface area contributed by atoms with Gasteiger partial charge >= 0.3 is 5.97 Å². The first-order chi connectivity index (χ1) is 8.32. The van der Waals surface area contributed by atoms with Crippen LogP contribution >= 0.6 is 0 Å². The van der Waals surface area contributed by atoms with Gasteiger partial charge in [0.05, 0.1) is 0 Å². The highest BCUT2D eigenvalue weighted by atomic mass is 32.2. The lowest BCUT2D eigenvalue weighted by Gasteiger charge is -2.16. The van der Waals surface area contributed by atoms with Crippen LogP contribution in [-0.2, 0) is 14.9 Å². The summed E-state index contributed by atoms with van der Waals surface area (Å²) in [5.74, 6) is -1.13. The lowest BCUT2D eigenvalue weighted by Crippen LogP contribution is -2.40. The molecule has 2 unspecified atom stereocenters. The van der Waals surface area contributed by atoms with Gasteiger partial charge in [0.2, 0.25) is 0 Å². The highest BCUT2D eigenvalue weighted by Crippen LogP contribution is 2.11. The van der Waals surface area contributed by atoms with E-state index in [1.165, 1.54) is 0 Å². The average Bonchev–Trinajstić information content (AvgIpc) is 2.25. The fourth-order valence-electron chi connectivity index (χ4n) is 1.68. The summed E-state index contributed by atoms with van der Waals surface area (Å²) in [6.07, 6.45) is 4.18. The van der Waals surface area contributed by atoms with Gasteiger partial charge in [-0.25, -0.2) is 0 Å². The molecule has 0 heterocycles. The molecule has 0 saturated heterocycles. The van der Waals surface area contributed by atoms with Crippen LogP contribution in [0, 0.1) is 5.92 Å². The summed E-state index contributed by atoms with van der Waals surface area (Å²) in [5.41, 5.74) is 0. The number of aliphatic carboxylic acids is 1.